The molecule has 1 heterocycles. The molecule has 6 heteroatoms. The quantitative estimate of drug-likeness (QED) is 0.628. The smallest absolute Gasteiger partial charge is 0.146 e. The van der Waals surface area contributed by atoms with Crippen LogP contribution in [0.1, 0.15) is 0 Å². The maximum Gasteiger partial charge on any atom is 0.146 e. The second-order valence-corrected chi connectivity index (χ2v) is 5.17. The van der Waals surface area contributed by atoms with Crippen LogP contribution in [0, 0.1) is 0 Å². The Morgan fingerprint density at radius 1 is 1.05 bits per heavy atom. The predicted octanol–water partition coefficient (Wildman–Crippen LogP) is 4.90. The number of phenolic OH excluding ortho intramolecular Hbond substituents is 1. The highest BCUT2D eigenvalue weighted by Crippen LogP contribution is 2.43. The number of benzene rings is 2. The predicted molar refractivity (Wildman–Crippen MR) is 78.2 cm³/mol. The Kier molecular flexibility index (Phi) is 3.05. The van der Waals surface area contributed by atoms with Crippen molar-refractivity contribution in [3.8, 4) is 17.1 Å². The van der Waals surface area contributed by atoms with Crippen LogP contribution >= 0.6 is 34.8 Å². The zero-order valence-corrected chi connectivity index (χ0v) is 11.7. The Morgan fingerprint density at radius 3 is 2.53 bits per heavy atom. The number of imidazole rings is 1. The molecule has 0 amide bonds. The summed E-state index contributed by atoms with van der Waals surface area (Å²) in [5, 5.41) is 10.7. The largest absolute Gasteiger partial charge is 0.506 e. The molecule has 3 nitrogen and oxygen atoms in total. The lowest BCUT2D eigenvalue weighted by Crippen LogP contribution is -1.86. The SMILES string of the molecule is Oc1c(Cl)cc(Cl)c(Cl)c1-c1nc2ccccc2[nH]1. The lowest BCUT2D eigenvalue weighted by atomic mass is 10.2. The van der Waals surface area contributed by atoms with Gasteiger partial charge >= 0.3 is 0 Å². The van der Waals surface area contributed by atoms with E-state index in [-0.39, 0.29) is 20.8 Å². The summed E-state index contributed by atoms with van der Waals surface area (Å²) in [6.07, 6.45) is 0. The Bertz CT molecular complexity index is 724. The van der Waals surface area contributed by atoms with E-state index in [1.165, 1.54) is 6.07 Å². The van der Waals surface area contributed by atoms with Gasteiger partial charge in [0.25, 0.3) is 0 Å². The highest BCUT2D eigenvalue weighted by Gasteiger charge is 2.19. The van der Waals surface area contributed by atoms with E-state index < -0.39 is 0 Å². The monoisotopic (exact) mass is 312 g/mol. The number of hydrogen-bond donors (Lipinski definition) is 2. The molecule has 0 fully saturated rings. The summed E-state index contributed by atoms with van der Waals surface area (Å²) in [4.78, 5) is 7.44. The minimum absolute atomic E-state index is 0.129. The van der Waals surface area contributed by atoms with Crippen molar-refractivity contribution in [1.29, 1.82) is 0 Å². The summed E-state index contributed by atoms with van der Waals surface area (Å²) >= 11 is 18.0. The summed E-state index contributed by atoms with van der Waals surface area (Å²) in [5.74, 6) is 0.281. The molecule has 0 spiro atoms. The van der Waals surface area contributed by atoms with Gasteiger partial charge in [-0.15, -0.1) is 0 Å². The van der Waals surface area contributed by atoms with Crippen molar-refractivity contribution >= 4 is 45.8 Å². The first-order valence-corrected chi connectivity index (χ1v) is 6.53. The van der Waals surface area contributed by atoms with Gasteiger partial charge in [-0.1, -0.05) is 46.9 Å². The van der Waals surface area contributed by atoms with Gasteiger partial charge in [-0.3, -0.25) is 0 Å². The number of fused-ring (bicyclic) bond motifs is 1. The van der Waals surface area contributed by atoms with Gasteiger partial charge in [-0.25, -0.2) is 4.98 Å². The molecule has 96 valence electrons. The van der Waals surface area contributed by atoms with Crippen molar-refractivity contribution in [3.05, 3.63) is 45.4 Å². The van der Waals surface area contributed by atoms with Gasteiger partial charge in [0, 0.05) is 0 Å². The topological polar surface area (TPSA) is 48.9 Å². The van der Waals surface area contributed by atoms with Crippen LogP contribution < -0.4 is 0 Å². The third-order valence-electron chi connectivity index (χ3n) is 2.77. The second-order valence-electron chi connectivity index (χ2n) is 3.98. The number of para-hydroxylation sites is 2. The first-order chi connectivity index (χ1) is 9.08. The summed E-state index contributed by atoms with van der Waals surface area (Å²) < 4.78 is 0. The molecular weight excluding hydrogens is 307 g/mol. The molecule has 3 rings (SSSR count). The standard InChI is InChI=1S/C13H7Cl3N2O/c14-6-5-7(15)12(19)10(11(6)16)13-17-8-3-1-2-4-9(8)18-13/h1-5,19H,(H,17,18). The van der Waals surface area contributed by atoms with Crippen LogP contribution in [0.3, 0.4) is 0 Å². The Hall–Kier alpha value is -1.42. The van der Waals surface area contributed by atoms with Gasteiger partial charge in [-0.2, -0.15) is 0 Å². The number of phenols is 1. The minimum Gasteiger partial charge on any atom is -0.506 e. The molecule has 0 radical (unpaired) electrons. The van der Waals surface area contributed by atoms with Crippen molar-refractivity contribution in [1.82, 2.24) is 9.97 Å². The number of hydrogen-bond acceptors (Lipinski definition) is 2. The lowest BCUT2D eigenvalue weighted by Gasteiger charge is -2.07. The van der Waals surface area contributed by atoms with E-state index in [0.717, 1.165) is 11.0 Å². The maximum absolute atomic E-state index is 10.0. The summed E-state index contributed by atoms with van der Waals surface area (Å²) in [6, 6.07) is 8.89. The van der Waals surface area contributed by atoms with E-state index in [1.54, 1.807) is 0 Å². The van der Waals surface area contributed by atoms with Crippen LogP contribution in [0.2, 0.25) is 15.1 Å². The van der Waals surface area contributed by atoms with E-state index in [2.05, 4.69) is 9.97 Å². The summed E-state index contributed by atoms with van der Waals surface area (Å²) in [7, 11) is 0. The summed E-state index contributed by atoms with van der Waals surface area (Å²) in [6.45, 7) is 0. The number of nitrogens with one attached hydrogen (secondary N) is 1. The van der Waals surface area contributed by atoms with Crippen LogP contribution in [0.5, 0.6) is 5.75 Å². The molecule has 0 aliphatic heterocycles. The van der Waals surface area contributed by atoms with E-state index in [9.17, 15) is 5.11 Å². The summed E-state index contributed by atoms with van der Waals surface area (Å²) in [5.41, 5.74) is 1.91. The molecule has 1 aromatic heterocycles. The van der Waals surface area contributed by atoms with Crippen molar-refractivity contribution in [3.63, 3.8) is 0 Å². The van der Waals surface area contributed by atoms with Crippen LogP contribution in [0.25, 0.3) is 22.4 Å². The molecular formula is C13H7Cl3N2O. The van der Waals surface area contributed by atoms with Crippen molar-refractivity contribution in [2.75, 3.05) is 0 Å². The van der Waals surface area contributed by atoms with Gasteiger partial charge in [0.2, 0.25) is 0 Å². The van der Waals surface area contributed by atoms with Crippen LogP contribution in [-0.2, 0) is 0 Å². The molecule has 3 aromatic rings. The lowest BCUT2D eigenvalue weighted by molar-refractivity contribution is 0.477. The van der Waals surface area contributed by atoms with Gasteiger partial charge in [0.1, 0.15) is 11.6 Å². The van der Waals surface area contributed by atoms with E-state index in [4.69, 9.17) is 34.8 Å². The van der Waals surface area contributed by atoms with Crippen LogP contribution in [-0.4, -0.2) is 15.1 Å². The number of nitrogens with zero attached hydrogens (tertiary/aromatic N) is 1. The Morgan fingerprint density at radius 2 is 1.79 bits per heavy atom. The molecule has 0 unspecified atom stereocenters. The van der Waals surface area contributed by atoms with Gasteiger partial charge in [0.05, 0.1) is 31.7 Å². The average Bonchev–Trinajstić information content (AvgIpc) is 2.80. The zero-order valence-electron chi connectivity index (χ0n) is 9.42. The van der Waals surface area contributed by atoms with Crippen LogP contribution in [0.4, 0.5) is 0 Å². The molecule has 0 atom stereocenters. The zero-order chi connectivity index (χ0) is 13.6. The fourth-order valence-electron chi connectivity index (χ4n) is 1.87. The van der Waals surface area contributed by atoms with Gasteiger partial charge in [0.15, 0.2) is 0 Å². The number of aromatic amines is 1. The third-order valence-corrected chi connectivity index (χ3v) is 3.85. The number of aromatic nitrogens is 2. The number of H-pyrrole nitrogens is 1. The molecule has 0 aliphatic carbocycles. The highest BCUT2D eigenvalue weighted by atomic mass is 35.5. The molecule has 2 N–H and O–H groups in total. The van der Waals surface area contributed by atoms with Gasteiger partial charge in [-0.05, 0) is 18.2 Å². The number of rotatable bonds is 1. The molecule has 19 heavy (non-hydrogen) atoms. The highest BCUT2D eigenvalue weighted by molar-refractivity contribution is 6.45. The fourth-order valence-corrected chi connectivity index (χ4v) is 2.57. The molecule has 0 saturated carbocycles. The minimum atomic E-state index is -0.143. The number of halogens is 3. The average molecular weight is 314 g/mol. The second kappa shape index (κ2) is 4.60. The van der Waals surface area contributed by atoms with E-state index in [0.29, 0.717) is 11.4 Å². The normalized spacial score (nSPS) is 11.1. The number of aromatic hydroxyl groups is 1. The molecule has 0 bridgehead atoms. The van der Waals surface area contributed by atoms with E-state index >= 15 is 0 Å². The van der Waals surface area contributed by atoms with Crippen molar-refractivity contribution in [2.24, 2.45) is 0 Å². The van der Waals surface area contributed by atoms with E-state index in [1.807, 2.05) is 24.3 Å². The first-order valence-electron chi connectivity index (χ1n) is 5.39. The maximum atomic E-state index is 10.0. The first kappa shape index (κ1) is 12.6. The van der Waals surface area contributed by atoms with Gasteiger partial charge < -0.3 is 10.1 Å². The third kappa shape index (κ3) is 2.04. The Labute approximate surface area is 123 Å². The van der Waals surface area contributed by atoms with Crippen molar-refractivity contribution in [2.45, 2.75) is 0 Å². The van der Waals surface area contributed by atoms with Crippen LogP contribution in [0.15, 0.2) is 30.3 Å². The molecule has 2 aromatic carbocycles. The van der Waals surface area contributed by atoms with Crippen molar-refractivity contribution < 1.29 is 5.11 Å². The molecule has 0 aliphatic rings. The molecule has 0 saturated heterocycles. The Balaban J connectivity index is 2.32. The fraction of sp³-hybridized carbons (Fsp3) is 0.